The molecular formula is C25H24N4O3. The number of primary amides is 1. The quantitative estimate of drug-likeness (QED) is 0.501. The van der Waals surface area contributed by atoms with E-state index in [1.807, 2.05) is 24.3 Å². The first-order valence-corrected chi connectivity index (χ1v) is 10.4. The SMILES string of the molecule is NC(=O)C1C(CC(=O)Nc2cccc(C(=O)c3ccccc3)c2)CNC1c1cccnc1. The molecule has 3 atom stereocenters. The van der Waals surface area contributed by atoms with Crippen LogP contribution in [0, 0.1) is 11.8 Å². The summed E-state index contributed by atoms with van der Waals surface area (Å²) in [4.78, 5) is 41.7. The average molecular weight is 428 g/mol. The Morgan fingerprint density at radius 3 is 2.50 bits per heavy atom. The van der Waals surface area contributed by atoms with E-state index < -0.39 is 11.8 Å². The minimum atomic E-state index is -0.518. The van der Waals surface area contributed by atoms with Crippen molar-refractivity contribution in [2.45, 2.75) is 12.5 Å². The lowest BCUT2D eigenvalue weighted by Gasteiger charge is -2.21. The van der Waals surface area contributed by atoms with Gasteiger partial charge >= 0.3 is 0 Å². The number of hydrogen-bond acceptors (Lipinski definition) is 5. The van der Waals surface area contributed by atoms with Crippen molar-refractivity contribution in [3.05, 3.63) is 95.8 Å². The maximum absolute atomic E-state index is 12.7. The first-order valence-electron chi connectivity index (χ1n) is 10.4. The molecule has 1 fully saturated rings. The maximum Gasteiger partial charge on any atom is 0.224 e. The lowest BCUT2D eigenvalue weighted by Crippen LogP contribution is -2.33. The number of carbonyl (C=O) groups excluding carboxylic acids is 3. The topological polar surface area (TPSA) is 114 Å². The van der Waals surface area contributed by atoms with Crippen LogP contribution in [0.5, 0.6) is 0 Å². The van der Waals surface area contributed by atoms with Crippen LogP contribution in [-0.2, 0) is 9.59 Å². The third kappa shape index (κ3) is 4.73. The van der Waals surface area contributed by atoms with Gasteiger partial charge in [0.25, 0.3) is 0 Å². The molecule has 1 aliphatic rings. The fourth-order valence-electron chi connectivity index (χ4n) is 4.23. The van der Waals surface area contributed by atoms with Crippen LogP contribution < -0.4 is 16.4 Å². The molecule has 1 saturated heterocycles. The van der Waals surface area contributed by atoms with Gasteiger partial charge in [0.05, 0.1) is 5.92 Å². The number of nitrogens with zero attached hydrogens (tertiary/aromatic N) is 1. The number of amides is 2. The van der Waals surface area contributed by atoms with Crippen LogP contribution in [-0.4, -0.2) is 29.1 Å². The van der Waals surface area contributed by atoms with Crippen molar-refractivity contribution in [3.8, 4) is 0 Å². The number of ketones is 1. The second kappa shape index (κ2) is 9.53. The highest BCUT2D eigenvalue weighted by molar-refractivity contribution is 6.09. The highest BCUT2D eigenvalue weighted by Crippen LogP contribution is 2.35. The molecular weight excluding hydrogens is 404 g/mol. The third-order valence-electron chi connectivity index (χ3n) is 5.73. The number of benzene rings is 2. The molecule has 4 rings (SSSR count). The summed E-state index contributed by atoms with van der Waals surface area (Å²) in [6.07, 6.45) is 3.50. The van der Waals surface area contributed by atoms with E-state index in [2.05, 4.69) is 15.6 Å². The first kappa shape index (κ1) is 21.4. The minimum absolute atomic E-state index is 0.116. The molecule has 0 radical (unpaired) electrons. The lowest BCUT2D eigenvalue weighted by molar-refractivity contribution is -0.124. The second-order valence-corrected chi connectivity index (χ2v) is 7.89. The monoisotopic (exact) mass is 428 g/mol. The van der Waals surface area contributed by atoms with E-state index in [4.69, 9.17) is 5.73 Å². The van der Waals surface area contributed by atoms with E-state index in [-0.39, 0.29) is 30.1 Å². The van der Waals surface area contributed by atoms with Crippen molar-refractivity contribution in [2.75, 3.05) is 11.9 Å². The Morgan fingerprint density at radius 2 is 1.78 bits per heavy atom. The minimum Gasteiger partial charge on any atom is -0.369 e. The molecule has 2 heterocycles. The highest BCUT2D eigenvalue weighted by Gasteiger charge is 2.41. The number of rotatable bonds is 7. The van der Waals surface area contributed by atoms with Crippen molar-refractivity contribution >= 4 is 23.3 Å². The Hall–Kier alpha value is -3.84. The molecule has 0 bridgehead atoms. The predicted molar refractivity (Wildman–Crippen MR) is 121 cm³/mol. The Bertz CT molecular complexity index is 1120. The fraction of sp³-hybridized carbons (Fsp3) is 0.200. The molecule has 1 aliphatic heterocycles. The van der Waals surface area contributed by atoms with Crippen molar-refractivity contribution in [1.29, 1.82) is 0 Å². The molecule has 2 amide bonds. The standard InChI is InChI=1S/C25H24N4O3/c26-25(32)22-19(15-28-23(22)18-9-5-11-27-14-18)13-21(30)29-20-10-4-8-17(12-20)24(31)16-6-2-1-3-7-16/h1-12,14,19,22-23,28H,13,15H2,(H2,26,32)(H,29,30). The zero-order chi connectivity index (χ0) is 22.5. The Morgan fingerprint density at radius 1 is 1.00 bits per heavy atom. The van der Waals surface area contributed by atoms with E-state index in [0.717, 1.165) is 5.56 Å². The third-order valence-corrected chi connectivity index (χ3v) is 5.73. The molecule has 32 heavy (non-hydrogen) atoms. The normalized spacial score (nSPS) is 19.9. The molecule has 2 aromatic carbocycles. The van der Waals surface area contributed by atoms with E-state index in [1.54, 1.807) is 54.9 Å². The number of anilines is 1. The Labute approximate surface area is 186 Å². The van der Waals surface area contributed by atoms with Gasteiger partial charge in [-0.1, -0.05) is 48.5 Å². The fourth-order valence-corrected chi connectivity index (χ4v) is 4.23. The number of carbonyl (C=O) groups is 3. The summed E-state index contributed by atoms with van der Waals surface area (Å²) in [5.41, 5.74) is 8.15. The van der Waals surface area contributed by atoms with Gasteiger partial charge in [-0.2, -0.15) is 0 Å². The second-order valence-electron chi connectivity index (χ2n) is 7.89. The summed E-state index contributed by atoms with van der Waals surface area (Å²) in [6, 6.07) is 19.2. The van der Waals surface area contributed by atoms with E-state index in [0.29, 0.717) is 23.4 Å². The summed E-state index contributed by atoms with van der Waals surface area (Å²) in [5, 5.41) is 6.15. The van der Waals surface area contributed by atoms with E-state index in [9.17, 15) is 14.4 Å². The largest absolute Gasteiger partial charge is 0.369 e. The van der Waals surface area contributed by atoms with Crippen LogP contribution in [0.1, 0.15) is 33.9 Å². The van der Waals surface area contributed by atoms with Gasteiger partial charge in [0.2, 0.25) is 11.8 Å². The van der Waals surface area contributed by atoms with Crippen LogP contribution in [0.2, 0.25) is 0 Å². The molecule has 4 N–H and O–H groups in total. The number of nitrogens with two attached hydrogens (primary N) is 1. The lowest BCUT2D eigenvalue weighted by atomic mass is 9.85. The molecule has 0 saturated carbocycles. The van der Waals surface area contributed by atoms with Crippen molar-refractivity contribution in [3.63, 3.8) is 0 Å². The van der Waals surface area contributed by atoms with Crippen LogP contribution in [0.15, 0.2) is 79.1 Å². The summed E-state index contributed by atoms with van der Waals surface area (Å²) < 4.78 is 0. The number of hydrogen-bond donors (Lipinski definition) is 3. The van der Waals surface area contributed by atoms with Gasteiger partial charge in [-0.25, -0.2) is 0 Å². The number of nitrogens with one attached hydrogen (secondary N) is 2. The van der Waals surface area contributed by atoms with Crippen molar-refractivity contribution < 1.29 is 14.4 Å². The summed E-state index contributed by atoms with van der Waals surface area (Å²) >= 11 is 0. The van der Waals surface area contributed by atoms with Crippen molar-refractivity contribution in [1.82, 2.24) is 10.3 Å². The predicted octanol–water partition coefficient (Wildman–Crippen LogP) is 2.70. The van der Waals surface area contributed by atoms with Gasteiger partial charge in [-0.3, -0.25) is 19.4 Å². The molecule has 3 aromatic rings. The Balaban J connectivity index is 1.43. The summed E-state index contributed by atoms with van der Waals surface area (Å²) in [6.45, 7) is 0.493. The summed E-state index contributed by atoms with van der Waals surface area (Å²) in [5.74, 6) is -1.56. The molecule has 1 aromatic heterocycles. The zero-order valence-corrected chi connectivity index (χ0v) is 17.4. The molecule has 0 spiro atoms. The van der Waals surface area contributed by atoms with Gasteiger partial charge in [0.1, 0.15) is 0 Å². The van der Waals surface area contributed by atoms with Gasteiger partial charge in [-0.05, 0) is 36.2 Å². The van der Waals surface area contributed by atoms with Crippen LogP contribution >= 0.6 is 0 Å². The Kier molecular flexibility index (Phi) is 6.37. The van der Waals surface area contributed by atoms with E-state index >= 15 is 0 Å². The van der Waals surface area contributed by atoms with Gasteiger partial charge < -0.3 is 16.4 Å². The zero-order valence-electron chi connectivity index (χ0n) is 17.4. The van der Waals surface area contributed by atoms with Gasteiger partial charge in [-0.15, -0.1) is 0 Å². The number of pyridine rings is 1. The molecule has 3 unspecified atom stereocenters. The number of aromatic nitrogens is 1. The van der Waals surface area contributed by atoms with Gasteiger partial charge in [0.15, 0.2) is 5.78 Å². The van der Waals surface area contributed by atoms with Gasteiger partial charge in [0, 0.05) is 41.7 Å². The van der Waals surface area contributed by atoms with E-state index in [1.165, 1.54) is 0 Å². The molecule has 7 heteroatoms. The van der Waals surface area contributed by atoms with Crippen LogP contribution in [0.4, 0.5) is 5.69 Å². The summed E-state index contributed by atoms with van der Waals surface area (Å²) in [7, 11) is 0. The van der Waals surface area contributed by atoms with Crippen molar-refractivity contribution in [2.24, 2.45) is 17.6 Å². The molecule has 162 valence electrons. The highest BCUT2D eigenvalue weighted by atomic mass is 16.2. The maximum atomic E-state index is 12.7. The average Bonchev–Trinajstić information content (AvgIpc) is 3.23. The molecule has 0 aliphatic carbocycles. The molecule has 7 nitrogen and oxygen atoms in total. The van der Waals surface area contributed by atoms with Crippen LogP contribution in [0.3, 0.4) is 0 Å². The first-order chi connectivity index (χ1) is 15.5. The van der Waals surface area contributed by atoms with Crippen LogP contribution in [0.25, 0.3) is 0 Å². The smallest absolute Gasteiger partial charge is 0.224 e.